The largest absolute Gasteiger partial charge is 0.490 e. The van der Waals surface area contributed by atoms with Crippen LogP contribution in [0.3, 0.4) is 0 Å². The molecular weight excluding hydrogens is 627 g/mol. The molecule has 1 amide bonds. The van der Waals surface area contributed by atoms with E-state index in [9.17, 15) is 27.6 Å². The first-order valence-corrected chi connectivity index (χ1v) is 15.3. The monoisotopic (exact) mass is 661 g/mol. The number of carboxylic acids is 1. The van der Waals surface area contributed by atoms with Crippen LogP contribution in [0.15, 0.2) is 59.4 Å². The zero-order valence-corrected chi connectivity index (χ0v) is 26.3. The number of rotatable bonds is 10. The van der Waals surface area contributed by atoms with Gasteiger partial charge in [0.05, 0.1) is 23.4 Å². The first-order chi connectivity index (χ1) is 21.8. The fourth-order valence-electron chi connectivity index (χ4n) is 5.14. The number of aliphatic carboxylic acids is 1. The van der Waals surface area contributed by atoms with Crippen molar-refractivity contribution in [3.05, 3.63) is 75.4 Å². The van der Waals surface area contributed by atoms with Gasteiger partial charge in [0.25, 0.3) is 11.5 Å². The maximum Gasteiger partial charge on any atom is 0.490 e. The maximum atomic E-state index is 14.1. The van der Waals surface area contributed by atoms with Crippen molar-refractivity contribution in [3.8, 4) is 5.75 Å². The van der Waals surface area contributed by atoms with E-state index in [1.54, 1.807) is 29.2 Å². The van der Waals surface area contributed by atoms with Crippen molar-refractivity contribution < 1.29 is 42.1 Å². The van der Waals surface area contributed by atoms with Crippen LogP contribution in [0.25, 0.3) is 21.0 Å². The van der Waals surface area contributed by atoms with Gasteiger partial charge in [-0.2, -0.15) is 13.2 Å². The number of likely N-dealkylation sites (N-methyl/N-ethyl adjacent to an activating group) is 2. The van der Waals surface area contributed by atoms with Crippen LogP contribution in [0.1, 0.15) is 33.4 Å². The van der Waals surface area contributed by atoms with E-state index < -0.39 is 12.1 Å². The highest BCUT2D eigenvalue weighted by Gasteiger charge is 2.38. The van der Waals surface area contributed by atoms with Crippen LogP contribution in [0.2, 0.25) is 0 Å². The Hall–Kier alpha value is -4.27. The van der Waals surface area contributed by atoms with Crippen LogP contribution in [-0.4, -0.2) is 96.4 Å². The molecule has 10 nitrogen and oxygen atoms in total. The van der Waals surface area contributed by atoms with Crippen LogP contribution in [0, 0.1) is 0 Å². The standard InChI is InChI=1S/C30H33N3O5S.C2HF3O2/c1-4-37-16-17-38-26-25-27(39-28(26)30(36)32(3)21-14-15-31(2)18-21)22-12-8-9-13-23(22)33(29(25)35)19-24(34)20-10-6-5-7-11-20;3-2(4,5)1(6)7/h5-13,21H,4,14-19H2,1-3H3;(H,6,7). The number of benzene rings is 2. The number of aromatic nitrogens is 1. The molecular formula is C32H34F3N3O7S. The van der Waals surface area contributed by atoms with Gasteiger partial charge in [0, 0.05) is 37.2 Å². The van der Waals surface area contributed by atoms with E-state index >= 15 is 0 Å². The average Bonchev–Trinajstić information content (AvgIpc) is 3.65. The summed E-state index contributed by atoms with van der Waals surface area (Å²) in [4.78, 5) is 54.4. The number of carboxylic acid groups (broad SMARTS) is 1. The molecule has 1 aliphatic rings. The van der Waals surface area contributed by atoms with Gasteiger partial charge in [-0.3, -0.25) is 19.0 Å². The van der Waals surface area contributed by atoms with Crippen LogP contribution in [0.5, 0.6) is 5.75 Å². The van der Waals surface area contributed by atoms with E-state index in [1.807, 2.05) is 51.4 Å². The number of halogens is 3. The molecule has 1 saturated heterocycles. The molecule has 0 aliphatic carbocycles. The van der Waals surface area contributed by atoms with Crippen molar-refractivity contribution in [2.75, 3.05) is 47.0 Å². The molecule has 246 valence electrons. The van der Waals surface area contributed by atoms with Crippen molar-refractivity contribution in [1.29, 1.82) is 0 Å². The summed E-state index contributed by atoms with van der Waals surface area (Å²) in [6, 6.07) is 16.5. The summed E-state index contributed by atoms with van der Waals surface area (Å²) in [5.41, 5.74) is 0.829. The fraction of sp³-hybridized carbons (Fsp3) is 0.375. The van der Waals surface area contributed by atoms with E-state index in [4.69, 9.17) is 19.4 Å². The minimum Gasteiger partial charge on any atom is -0.489 e. The van der Waals surface area contributed by atoms with Gasteiger partial charge >= 0.3 is 12.1 Å². The Labute approximate surface area is 266 Å². The van der Waals surface area contributed by atoms with Crippen LogP contribution >= 0.6 is 11.3 Å². The molecule has 0 spiro atoms. The minimum absolute atomic E-state index is 0.0842. The van der Waals surface area contributed by atoms with Gasteiger partial charge < -0.3 is 24.4 Å². The van der Waals surface area contributed by atoms with Gasteiger partial charge in [0.1, 0.15) is 16.9 Å². The van der Waals surface area contributed by atoms with Crippen LogP contribution in [0.4, 0.5) is 13.2 Å². The lowest BCUT2D eigenvalue weighted by Crippen LogP contribution is -2.38. The lowest BCUT2D eigenvalue weighted by molar-refractivity contribution is -0.192. The van der Waals surface area contributed by atoms with Crippen molar-refractivity contribution >= 4 is 50.0 Å². The second-order valence-electron chi connectivity index (χ2n) is 10.6. The summed E-state index contributed by atoms with van der Waals surface area (Å²) in [5.74, 6) is -2.82. The summed E-state index contributed by atoms with van der Waals surface area (Å²) in [6.45, 7) is 4.57. The first-order valence-electron chi connectivity index (χ1n) is 14.5. The third kappa shape index (κ3) is 7.74. The Kier molecular flexibility index (Phi) is 11.2. The van der Waals surface area contributed by atoms with Crippen molar-refractivity contribution in [1.82, 2.24) is 14.4 Å². The molecule has 4 aromatic rings. The highest BCUT2D eigenvalue weighted by Crippen LogP contribution is 2.40. The number of alkyl halides is 3. The first kappa shape index (κ1) is 34.6. The number of likely N-dealkylation sites (tertiary alicyclic amines) is 1. The number of para-hydroxylation sites is 1. The van der Waals surface area contributed by atoms with Gasteiger partial charge in [-0.15, -0.1) is 11.3 Å². The Morgan fingerprint density at radius 1 is 1.07 bits per heavy atom. The van der Waals surface area contributed by atoms with Gasteiger partial charge in [-0.1, -0.05) is 48.5 Å². The lowest BCUT2D eigenvalue weighted by atomic mass is 10.1. The summed E-state index contributed by atoms with van der Waals surface area (Å²) in [5, 5.41) is 8.26. The Balaban J connectivity index is 0.000000617. The molecule has 1 fully saturated rings. The van der Waals surface area contributed by atoms with E-state index in [1.165, 1.54) is 15.9 Å². The molecule has 2 aromatic heterocycles. The summed E-state index contributed by atoms with van der Waals surface area (Å²) >= 11 is 1.28. The second-order valence-corrected chi connectivity index (χ2v) is 11.7. The fourth-order valence-corrected chi connectivity index (χ4v) is 6.39. The van der Waals surface area contributed by atoms with Gasteiger partial charge in [0.15, 0.2) is 11.5 Å². The Morgan fingerprint density at radius 2 is 1.72 bits per heavy atom. The third-order valence-electron chi connectivity index (χ3n) is 7.51. The predicted molar refractivity (Wildman–Crippen MR) is 168 cm³/mol. The van der Waals surface area contributed by atoms with Gasteiger partial charge in [-0.05, 0) is 33.0 Å². The number of amides is 1. The highest BCUT2D eigenvalue weighted by atomic mass is 32.1. The number of pyridine rings is 1. The summed E-state index contributed by atoms with van der Waals surface area (Å²) in [6.07, 6.45) is -4.19. The number of ether oxygens (including phenoxy) is 2. The number of hydrogen-bond acceptors (Lipinski definition) is 8. The highest BCUT2D eigenvalue weighted by molar-refractivity contribution is 7.22. The molecule has 1 unspecified atom stereocenters. The number of carbonyl (C=O) groups is 3. The zero-order chi connectivity index (χ0) is 33.6. The number of Topliss-reactive ketones (excluding diaryl/α,β-unsaturated/α-hetero) is 1. The van der Waals surface area contributed by atoms with Crippen molar-refractivity contribution in [2.45, 2.75) is 32.1 Å². The molecule has 1 aliphatic heterocycles. The molecule has 0 radical (unpaired) electrons. The summed E-state index contributed by atoms with van der Waals surface area (Å²) < 4.78 is 45.5. The molecule has 3 heterocycles. The quantitative estimate of drug-likeness (QED) is 0.188. The van der Waals surface area contributed by atoms with Crippen LogP contribution < -0.4 is 10.3 Å². The SMILES string of the molecule is CCOCCOc1c(C(=O)N(C)C2CCN(C)C2)sc2c1c(=O)n(CC(=O)c1ccccc1)c1ccccc21.O=C(O)C(F)(F)F. The van der Waals surface area contributed by atoms with E-state index in [0.29, 0.717) is 39.3 Å². The number of nitrogens with zero attached hydrogens (tertiary/aromatic N) is 3. The molecule has 1 N–H and O–H groups in total. The lowest BCUT2D eigenvalue weighted by Gasteiger charge is -2.24. The van der Waals surface area contributed by atoms with Gasteiger partial charge in [-0.25, -0.2) is 4.79 Å². The maximum absolute atomic E-state index is 14.1. The van der Waals surface area contributed by atoms with Crippen molar-refractivity contribution in [3.63, 3.8) is 0 Å². The van der Waals surface area contributed by atoms with E-state index in [0.717, 1.165) is 24.9 Å². The second kappa shape index (κ2) is 14.9. The third-order valence-corrected chi connectivity index (χ3v) is 8.70. The Morgan fingerprint density at radius 3 is 2.33 bits per heavy atom. The van der Waals surface area contributed by atoms with Crippen LogP contribution in [-0.2, 0) is 16.1 Å². The number of thiophene rings is 1. The minimum atomic E-state index is -5.08. The molecule has 2 aromatic carbocycles. The predicted octanol–water partition coefficient (Wildman–Crippen LogP) is 4.92. The van der Waals surface area contributed by atoms with E-state index in [2.05, 4.69) is 4.90 Å². The Bertz CT molecular complexity index is 1770. The van der Waals surface area contributed by atoms with Gasteiger partial charge in [0.2, 0.25) is 0 Å². The number of carbonyl (C=O) groups excluding carboxylic acids is 2. The summed E-state index contributed by atoms with van der Waals surface area (Å²) in [7, 11) is 3.86. The topological polar surface area (TPSA) is 118 Å². The molecule has 46 heavy (non-hydrogen) atoms. The normalized spacial score (nSPS) is 15.0. The molecule has 1 atom stereocenters. The molecule has 0 saturated carbocycles. The average molecular weight is 662 g/mol. The zero-order valence-electron chi connectivity index (χ0n) is 25.5. The van der Waals surface area contributed by atoms with Crippen molar-refractivity contribution in [2.24, 2.45) is 0 Å². The molecule has 14 heteroatoms. The molecule has 0 bridgehead atoms. The van der Waals surface area contributed by atoms with E-state index in [-0.39, 0.29) is 42.2 Å². The number of hydrogen-bond donors (Lipinski definition) is 1. The number of fused-ring (bicyclic) bond motifs is 3. The number of ketones is 1. The molecule has 5 rings (SSSR count). The smallest absolute Gasteiger partial charge is 0.489 e.